The number of rotatable bonds is 7. The molecule has 140 valence electrons. The molecule has 3 rings (SSSR count). The molecule has 0 radical (unpaired) electrons. The van der Waals surface area contributed by atoms with Crippen LogP contribution in [0, 0.1) is 11.6 Å². The Kier molecular flexibility index (Phi) is 6.25. The van der Waals surface area contributed by atoms with Gasteiger partial charge in [-0.1, -0.05) is 0 Å². The zero-order valence-corrected chi connectivity index (χ0v) is 15.6. The van der Waals surface area contributed by atoms with Gasteiger partial charge in [0.1, 0.15) is 0 Å². The first kappa shape index (κ1) is 19.1. The molecule has 0 saturated carbocycles. The molecule has 27 heavy (non-hydrogen) atoms. The monoisotopic (exact) mass is 407 g/mol. The van der Waals surface area contributed by atoms with Crippen molar-refractivity contribution >= 4 is 39.6 Å². The van der Waals surface area contributed by atoms with E-state index in [-0.39, 0.29) is 18.2 Å². The van der Waals surface area contributed by atoms with E-state index in [0.29, 0.717) is 34.9 Å². The van der Waals surface area contributed by atoms with Crippen molar-refractivity contribution in [3.63, 3.8) is 0 Å². The third-order valence-corrected chi connectivity index (χ3v) is 5.06. The lowest BCUT2D eigenvalue weighted by Crippen LogP contribution is -2.25. The maximum atomic E-state index is 13.3. The molecule has 0 saturated heterocycles. The second-order valence-electron chi connectivity index (χ2n) is 5.59. The number of hydrogen-bond acceptors (Lipinski definition) is 5. The maximum absolute atomic E-state index is 13.3. The molecule has 2 amide bonds. The summed E-state index contributed by atoms with van der Waals surface area (Å²) in [5.74, 6) is -2.26. The molecule has 0 spiro atoms. The molecule has 0 unspecified atom stereocenters. The Morgan fingerprint density at radius 3 is 2.70 bits per heavy atom. The summed E-state index contributed by atoms with van der Waals surface area (Å²) in [4.78, 5) is 27.9. The number of nitrogens with zero attached hydrogens (tertiary/aromatic N) is 1. The van der Waals surface area contributed by atoms with Crippen LogP contribution in [-0.2, 0) is 4.79 Å². The minimum Gasteiger partial charge on any atom is -0.352 e. The molecule has 0 bridgehead atoms. The highest BCUT2D eigenvalue weighted by Gasteiger charge is 2.11. The van der Waals surface area contributed by atoms with Gasteiger partial charge in [0.15, 0.2) is 16.8 Å². The predicted molar refractivity (Wildman–Crippen MR) is 102 cm³/mol. The van der Waals surface area contributed by atoms with Crippen LogP contribution in [0.25, 0.3) is 11.3 Å². The van der Waals surface area contributed by atoms with Crippen LogP contribution in [0.5, 0.6) is 0 Å². The molecule has 0 atom stereocenters. The average Bonchev–Trinajstić information content (AvgIpc) is 3.33. The molecule has 5 nitrogen and oxygen atoms in total. The number of anilines is 1. The Hall–Kier alpha value is -2.65. The molecule has 2 heterocycles. The summed E-state index contributed by atoms with van der Waals surface area (Å²) in [5, 5.41) is 11.0. The summed E-state index contributed by atoms with van der Waals surface area (Å²) < 4.78 is 26.3. The molecule has 2 aromatic heterocycles. The molecule has 2 N–H and O–H groups in total. The van der Waals surface area contributed by atoms with E-state index in [1.54, 1.807) is 16.8 Å². The molecular formula is C18H15F2N3O2S2. The number of carbonyl (C=O) groups excluding carboxylic acids is 2. The molecule has 0 aliphatic rings. The largest absolute Gasteiger partial charge is 0.352 e. The SMILES string of the molecule is O=C(CCCNC(=O)c1ccsc1)Nc1nc(-c2ccc(F)c(F)c2)cs1. The number of amides is 2. The van der Waals surface area contributed by atoms with E-state index in [1.807, 2.05) is 5.38 Å². The number of nitrogens with one attached hydrogen (secondary N) is 2. The zero-order valence-electron chi connectivity index (χ0n) is 14.0. The van der Waals surface area contributed by atoms with Crippen LogP contribution in [0.2, 0.25) is 0 Å². The van der Waals surface area contributed by atoms with E-state index >= 15 is 0 Å². The zero-order chi connectivity index (χ0) is 19.2. The number of hydrogen-bond donors (Lipinski definition) is 2. The van der Waals surface area contributed by atoms with Crippen molar-refractivity contribution in [1.82, 2.24) is 10.3 Å². The first-order valence-electron chi connectivity index (χ1n) is 8.04. The molecule has 0 aliphatic heterocycles. The van der Waals surface area contributed by atoms with Gasteiger partial charge in [0.25, 0.3) is 5.91 Å². The lowest BCUT2D eigenvalue weighted by molar-refractivity contribution is -0.116. The topological polar surface area (TPSA) is 71.1 Å². The average molecular weight is 407 g/mol. The second-order valence-corrected chi connectivity index (χ2v) is 7.22. The van der Waals surface area contributed by atoms with Crippen LogP contribution in [0.1, 0.15) is 23.2 Å². The molecular weight excluding hydrogens is 392 g/mol. The van der Waals surface area contributed by atoms with Gasteiger partial charge in [-0.05, 0) is 36.1 Å². The van der Waals surface area contributed by atoms with Crippen LogP contribution in [0.4, 0.5) is 13.9 Å². The lowest BCUT2D eigenvalue weighted by atomic mass is 10.2. The van der Waals surface area contributed by atoms with Crippen molar-refractivity contribution in [3.05, 3.63) is 57.6 Å². The van der Waals surface area contributed by atoms with Crippen LogP contribution in [0.3, 0.4) is 0 Å². The van der Waals surface area contributed by atoms with E-state index in [0.717, 1.165) is 12.1 Å². The number of aromatic nitrogens is 1. The van der Waals surface area contributed by atoms with Gasteiger partial charge in [-0.2, -0.15) is 11.3 Å². The first-order valence-corrected chi connectivity index (χ1v) is 9.86. The van der Waals surface area contributed by atoms with Gasteiger partial charge in [-0.15, -0.1) is 11.3 Å². The second kappa shape index (κ2) is 8.83. The third-order valence-electron chi connectivity index (χ3n) is 3.62. The fourth-order valence-corrected chi connectivity index (χ4v) is 3.62. The third kappa shape index (κ3) is 5.18. The van der Waals surface area contributed by atoms with Crippen LogP contribution >= 0.6 is 22.7 Å². The fourth-order valence-electron chi connectivity index (χ4n) is 2.25. The quantitative estimate of drug-likeness (QED) is 0.574. The maximum Gasteiger partial charge on any atom is 0.252 e. The summed E-state index contributed by atoms with van der Waals surface area (Å²) in [6, 6.07) is 5.26. The highest BCUT2D eigenvalue weighted by atomic mass is 32.1. The van der Waals surface area contributed by atoms with E-state index < -0.39 is 11.6 Å². The number of carbonyl (C=O) groups is 2. The van der Waals surface area contributed by atoms with Gasteiger partial charge in [-0.25, -0.2) is 13.8 Å². The van der Waals surface area contributed by atoms with Crippen molar-refractivity contribution < 1.29 is 18.4 Å². The van der Waals surface area contributed by atoms with Gasteiger partial charge in [0, 0.05) is 34.9 Å². The van der Waals surface area contributed by atoms with Crippen LogP contribution in [0.15, 0.2) is 40.4 Å². The van der Waals surface area contributed by atoms with Crippen molar-refractivity contribution in [3.8, 4) is 11.3 Å². The molecule has 9 heteroatoms. The predicted octanol–water partition coefficient (Wildman–Crippen LogP) is 4.30. The number of benzene rings is 1. The van der Waals surface area contributed by atoms with E-state index in [9.17, 15) is 18.4 Å². The lowest BCUT2D eigenvalue weighted by Gasteiger charge is -2.04. The molecule has 0 aliphatic carbocycles. The summed E-state index contributed by atoms with van der Waals surface area (Å²) >= 11 is 2.64. The summed E-state index contributed by atoms with van der Waals surface area (Å²) in [6.07, 6.45) is 0.715. The standard InChI is InChI=1S/C18H15F2N3O2S2/c19-13-4-3-11(8-14(13)20)15-10-27-18(22-15)23-16(24)2-1-6-21-17(25)12-5-7-26-9-12/h3-5,7-10H,1-2,6H2,(H,21,25)(H,22,23,24). The highest BCUT2D eigenvalue weighted by Crippen LogP contribution is 2.26. The van der Waals surface area contributed by atoms with Crippen molar-refractivity contribution in [1.29, 1.82) is 0 Å². The Bertz CT molecular complexity index is 942. The Morgan fingerprint density at radius 2 is 1.96 bits per heavy atom. The van der Waals surface area contributed by atoms with Gasteiger partial charge >= 0.3 is 0 Å². The summed E-state index contributed by atoms with van der Waals surface area (Å²) in [6.45, 7) is 0.389. The van der Waals surface area contributed by atoms with Crippen molar-refractivity contribution in [2.24, 2.45) is 0 Å². The van der Waals surface area contributed by atoms with Gasteiger partial charge < -0.3 is 10.6 Å². The van der Waals surface area contributed by atoms with E-state index in [4.69, 9.17) is 0 Å². The summed E-state index contributed by atoms with van der Waals surface area (Å²) in [5.41, 5.74) is 1.50. The minimum atomic E-state index is -0.949. The van der Waals surface area contributed by atoms with E-state index in [2.05, 4.69) is 15.6 Å². The van der Waals surface area contributed by atoms with E-state index in [1.165, 1.54) is 28.7 Å². The number of thiophene rings is 1. The highest BCUT2D eigenvalue weighted by molar-refractivity contribution is 7.14. The Balaban J connectivity index is 1.45. The van der Waals surface area contributed by atoms with Gasteiger partial charge in [-0.3, -0.25) is 9.59 Å². The minimum absolute atomic E-state index is 0.159. The van der Waals surface area contributed by atoms with Gasteiger partial charge in [0.2, 0.25) is 5.91 Å². The van der Waals surface area contributed by atoms with Crippen LogP contribution in [-0.4, -0.2) is 23.3 Å². The normalized spacial score (nSPS) is 10.6. The molecule has 1 aromatic carbocycles. The van der Waals surface area contributed by atoms with Crippen molar-refractivity contribution in [2.45, 2.75) is 12.8 Å². The summed E-state index contributed by atoms with van der Waals surface area (Å²) in [7, 11) is 0. The smallest absolute Gasteiger partial charge is 0.252 e. The fraction of sp³-hybridized carbons (Fsp3) is 0.167. The molecule has 0 fully saturated rings. The Labute approximate surface area is 162 Å². The van der Waals surface area contributed by atoms with Gasteiger partial charge in [0.05, 0.1) is 5.69 Å². The molecule has 3 aromatic rings. The Morgan fingerprint density at radius 1 is 1.11 bits per heavy atom. The first-order chi connectivity index (χ1) is 13.0. The van der Waals surface area contributed by atoms with Crippen molar-refractivity contribution in [2.75, 3.05) is 11.9 Å². The number of thiazole rings is 1. The number of halogens is 2. The van der Waals surface area contributed by atoms with Crippen LogP contribution < -0.4 is 10.6 Å².